The summed E-state index contributed by atoms with van der Waals surface area (Å²) in [6.45, 7) is 2.83. The van der Waals surface area contributed by atoms with E-state index in [4.69, 9.17) is 10.2 Å². The Hall–Kier alpha value is -0.210. The number of aliphatic hydroxyl groups is 2. The minimum absolute atomic E-state index is 0.116. The molecule has 0 aliphatic rings. The molecule has 6 nitrogen and oxygen atoms in total. The summed E-state index contributed by atoms with van der Waals surface area (Å²) in [6.07, 6.45) is -0.784. The van der Waals surface area contributed by atoms with Crippen molar-refractivity contribution >= 4 is 10.4 Å². The van der Waals surface area contributed by atoms with Crippen molar-refractivity contribution < 1.29 is 27.0 Å². The molecule has 0 saturated heterocycles. The van der Waals surface area contributed by atoms with Gasteiger partial charge in [0.1, 0.15) is 0 Å². The molecule has 2 atom stereocenters. The van der Waals surface area contributed by atoms with Gasteiger partial charge in [-0.05, 0) is 26.7 Å². The normalized spacial score (nSPS) is 16.3. The van der Waals surface area contributed by atoms with E-state index in [1.807, 2.05) is 0 Å². The first-order valence-corrected chi connectivity index (χ1v) is 6.06. The standard InChI is InChI=1S/C8H18O6S/c1-7(9)3-5-13-15(11,12)14-6-4-8(2)10/h7-10H,3-6H2,1-2H3. The summed E-state index contributed by atoms with van der Waals surface area (Å²) in [5.41, 5.74) is 0. The van der Waals surface area contributed by atoms with Crippen LogP contribution < -0.4 is 0 Å². The molecule has 0 aromatic rings. The predicted molar refractivity (Wildman–Crippen MR) is 53.4 cm³/mol. The Morgan fingerprint density at radius 2 is 1.33 bits per heavy atom. The topological polar surface area (TPSA) is 93.1 Å². The van der Waals surface area contributed by atoms with Gasteiger partial charge < -0.3 is 10.2 Å². The minimum Gasteiger partial charge on any atom is -0.393 e. The lowest BCUT2D eigenvalue weighted by Crippen LogP contribution is -2.16. The molecular weight excluding hydrogens is 224 g/mol. The molecule has 7 heteroatoms. The van der Waals surface area contributed by atoms with Crippen molar-refractivity contribution in [2.75, 3.05) is 13.2 Å². The molecule has 0 aliphatic heterocycles. The van der Waals surface area contributed by atoms with E-state index in [1.165, 1.54) is 13.8 Å². The van der Waals surface area contributed by atoms with Gasteiger partial charge in [-0.3, -0.25) is 0 Å². The summed E-state index contributed by atoms with van der Waals surface area (Å²) in [5, 5.41) is 17.7. The Labute approximate surface area is 90.2 Å². The third-order valence-electron chi connectivity index (χ3n) is 1.53. The smallest absolute Gasteiger partial charge is 0.393 e. The van der Waals surface area contributed by atoms with Crippen LogP contribution in [0.2, 0.25) is 0 Å². The molecule has 92 valence electrons. The lowest BCUT2D eigenvalue weighted by Gasteiger charge is -2.07. The fraction of sp³-hybridized carbons (Fsp3) is 1.00. The zero-order valence-electron chi connectivity index (χ0n) is 8.92. The molecule has 0 aromatic heterocycles. The molecule has 0 fully saturated rings. The summed E-state index contributed by atoms with van der Waals surface area (Å²) >= 11 is 0. The molecule has 0 spiro atoms. The molecule has 2 N–H and O–H groups in total. The van der Waals surface area contributed by atoms with Gasteiger partial charge in [0.05, 0.1) is 25.4 Å². The first kappa shape index (κ1) is 14.8. The molecule has 0 amide bonds. The second-order valence-electron chi connectivity index (χ2n) is 3.33. The molecule has 15 heavy (non-hydrogen) atoms. The Morgan fingerprint density at radius 3 is 1.60 bits per heavy atom. The SMILES string of the molecule is CC(O)CCOS(=O)(=O)OCCC(C)O. The molecular formula is C8H18O6S. The summed E-state index contributed by atoms with van der Waals surface area (Å²) in [6, 6.07) is 0. The molecule has 0 radical (unpaired) electrons. The van der Waals surface area contributed by atoms with Crippen molar-refractivity contribution in [3.05, 3.63) is 0 Å². The maximum atomic E-state index is 11.0. The zero-order chi connectivity index (χ0) is 11.9. The highest BCUT2D eigenvalue weighted by Crippen LogP contribution is 2.01. The molecule has 0 aliphatic carbocycles. The van der Waals surface area contributed by atoms with Crippen LogP contribution in [0.5, 0.6) is 0 Å². The summed E-state index contributed by atoms with van der Waals surface area (Å²) in [4.78, 5) is 0. The van der Waals surface area contributed by atoms with Crippen LogP contribution in [0.4, 0.5) is 0 Å². The molecule has 0 rings (SSSR count). The maximum Gasteiger partial charge on any atom is 0.399 e. The third kappa shape index (κ3) is 10.1. The number of hydrogen-bond acceptors (Lipinski definition) is 6. The van der Waals surface area contributed by atoms with Crippen LogP contribution in [-0.4, -0.2) is 44.1 Å². The van der Waals surface area contributed by atoms with E-state index in [-0.39, 0.29) is 26.1 Å². The van der Waals surface area contributed by atoms with Crippen molar-refractivity contribution in [1.29, 1.82) is 0 Å². The average Bonchev–Trinajstić information content (AvgIpc) is 2.01. The highest BCUT2D eigenvalue weighted by Gasteiger charge is 2.12. The van der Waals surface area contributed by atoms with Crippen LogP contribution in [0.15, 0.2) is 0 Å². The highest BCUT2D eigenvalue weighted by atomic mass is 32.3. The fourth-order valence-electron chi connectivity index (χ4n) is 0.675. The fourth-order valence-corrected chi connectivity index (χ4v) is 1.34. The van der Waals surface area contributed by atoms with Crippen molar-refractivity contribution in [3.63, 3.8) is 0 Å². The molecule has 2 unspecified atom stereocenters. The van der Waals surface area contributed by atoms with Gasteiger partial charge in [0.25, 0.3) is 0 Å². The van der Waals surface area contributed by atoms with Crippen molar-refractivity contribution in [2.24, 2.45) is 0 Å². The Bertz CT molecular complexity index is 226. The molecule has 0 heterocycles. The van der Waals surface area contributed by atoms with E-state index in [1.54, 1.807) is 0 Å². The monoisotopic (exact) mass is 242 g/mol. The van der Waals surface area contributed by atoms with E-state index in [9.17, 15) is 8.42 Å². The van der Waals surface area contributed by atoms with Gasteiger partial charge in [0, 0.05) is 0 Å². The molecule has 0 saturated carbocycles. The van der Waals surface area contributed by atoms with Crippen molar-refractivity contribution in [3.8, 4) is 0 Å². The number of hydrogen-bond donors (Lipinski definition) is 2. The van der Waals surface area contributed by atoms with Gasteiger partial charge in [-0.1, -0.05) is 0 Å². The van der Waals surface area contributed by atoms with E-state index in [0.29, 0.717) is 0 Å². The number of rotatable bonds is 8. The minimum atomic E-state index is -4.00. The Kier molecular flexibility index (Phi) is 7.03. The lowest BCUT2D eigenvalue weighted by atomic mass is 10.3. The van der Waals surface area contributed by atoms with E-state index < -0.39 is 22.6 Å². The predicted octanol–water partition coefficient (Wildman–Crippen LogP) is -0.194. The summed E-state index contributed by atoms with van der Waals surface area (Å²) < 4.78 is 30.8. The zero-order valence-corrected chi connectivity index (χ0v) is 9.74. The molecule has 0 aromatic carbocycles. The van der Waals surface area contributed by atoms with Crippen LogP contribution in [0, 0.1) is 0 Å². The van der Waals surface area contributed by atoms with Gasteiger partial charge >= 0.3 is 10.4 Å². The van der Waals surface area contributed by atoms with Gasteiger partial charge in [-0.2, -0.15) is 8.42 Å². The highest BCUT2D eigenvalue weighted by molar-refractivity contribution is 7.81. The lowest BCUT2D eigenvalue weighted by molar-refractivity contribution is 0.131. The van der Waals surface area contributed by atoms with E-state index in [2.05, 4.69) is 8.37 Å². The van der Waals surface area contributed by atoms with Crippen LogP contribution >= 0.6 is 0 Å². The Morgan fingerprint density at radius 1 is 1.00 bits per heavy atom. The van der Waals surface area contributed by atoms with Gasteiger partial charge in [0.15, 0.2) is 0 Å². The summed E-state index contributed by atoms with van der Waals surface area (Å²) in [7, 11) is -4.00. The first-order chi connectivity index (χ1) is 6.83. The second-order valence-corrected chi connectivity index (χ2v) is 4.62. The van der Waals surface area contributed by atoms with Crippen molar-refractivity contribution in [1.82, 2.24) is 0 Å². The van der Waals surface area contributed by atoms with Crippen molar-refractivity contribution in [2.45, 2.75) is 38.9 Å². The van der Waals surface area contributed by atoms with Gasteiger partial charge in [-0.15, -0.1) is 0 Å². The van der Waals surface area contributed by atoms with E-state index in [0.717, 1.165) is 0 Å². The van der Waals surface area contributed by atoms with Crippen LogP contribution in [0.1, 0.15) is 26.7 Å². The Balaban J connectivity index is 3.68. The van der Waals surface area contributed by atoms with Crippen LogP contribution in [0.25, 0.3) is 0 Å². The largest absolute Gasteiger partial charge is 0.399 e. The van der Waals surface area contributed by atoms with Gasteiger partial charge in [-0.25, -0.2) is 8.37 Å². The summed E-state index contributed by atoms with van der Waals surface area (Å²) in [5.74, 6) is 0. The van der Waals surface area contributed by atoms with Crippen LogP contribution in [-0.2, 0) is 18.8 Å². The second kappa shape index (κ2) is 7.13. The number of aliphatic hydroxyl groups excluding tert-OH is 2. The quantitative estimate of drug-likeness (QED) is 0.612. The first-order valence-electron chi connectivity index (χ1n) is 4.73. The maximum absolute atomic E-state index is 11.0. The van der Waals surface area contributed by atoms with E-state index >= 15 is 0 Å². The average molecular weight is 242 g/mol. The third-order valence-corrected chi connectivity index (χ3v) is 2.44. The van der Waals surface area contributed by atoms with Crippen LogP contribution in [0.3, 0.4) is 0 Å². The molecule has 0 bridgehead atoms. The van der Waals surface area contributed by atoms with Gasteiger partial charge in [0.2, 0.25) is 0 Å².